The zero-order chi connectivity index (χ0) is 13.9. The third kappa shape index (κ3) is 2.57. The summed E-state index contributed by atoms with van der Waals surface area (Å²) in [6.45, 7) is 2.03. The fourth-order valence-corrected chi connectivity index (χ4v) is 3.25. The van der Waals surface area contributed by atoms with E-state index in [2.05, 4.69) is 51.0 Å². The normalized spacial score (nSPS) is 12.7. The van der Waals surface area contributed by atoms with Crippen molar-refractivity contribution < 1.29 is 0 Å². The molecule has 1 unspecified atom stereocenters. The lowest BCUT2D eigenvalue weighted by atomic mass is 10.0. The second kappa shape index (κ2) is 5.69. The average Bonchev–Trinajstić information content (AvgIpc) is 2.89. The minimum atomic E-state index is 0.187. The Hall–Kier alpha value is -1.78. The Kier molecular flexibility index (Phi) is 3.76. The maximum absolute atomic E-state index is 4.60. The highest BCUT2D eigenvalue weighted by molar-refractivity contribution is 7.09. The number of rotatable bonds is 4. The van der Waals surface area contributed by atoms with E-state index in [1.165, 1.54) is 10.8 Å². The molecule has 20 heavy (non-hydrogen) atoms. The number of aromatic nitrogens is 2. The van der Waals surface area contributed by atoms with E-state index in [1.54, 1.807) is 11.3 Å². The van der Waals surface area contributed by atoms with Gasteiger partial charge in [-0.1, -0.05) is 24.3 Å². The summed E-state index contributed by atoms with van der Waals surface area (Å²) in [6.07, 6.45) is 2.76. The van der Waals surface area contributed by atoms with Gasteiger partial charge in [0.15, 0.2) is 0 Å². The predicted octanol–water partition coefficient (Wildman–Crippen LogP) is 3.50. The summed E-state index contributed by atoms with van der Waals surface area (Å²) in [6, 6.07) is 10.6. The summed E-state index contributed by atoms with van der Waals surface area (Å²) in [4.78, 5) is 9.15. The van der Waals surface area contributed by atoms with Crippen LogP contribution in [0, 0.1) is 6.92 Å². The summed E-state index contributed by atoms with van der Waals surface area (Å²) in [5.41, 5.74) is 2.18. The van der Waals surface area contributed by atoms with Gasteiger partial charge in [0.05, 0.1) is 16.7 Å². The van der Waals surface area contributed by atoms with Crippen LogP contribution in [-0.2, 0) is 6.42 Å². The van der Waals surface area contributed by atoms with Gasteiger partial charge in [-0.2, -0.15) is 0 Å². The van der Waals surface area contributed by atoms with E-state index in [9.17, 15) is 0 Å². The Balaban J connectivity index is 1.98. The molecule has 2 heterocycles. The lowest BCUT2D eigenvalue weighted by Crippen LogP contribution is -2.20. The molecule has 0 saturated carbocycles. The van der Waals surface area contributed by atoms with Gasteiger partial charge in [-0.3, -0.25) is 4.98 Å². The van der Waals surface area contributed by atoms with Crippen molar-refractivity contribution in [3.63, 3.8) is 0 Å². The van der Waals surface area contributed by atoms with E-state index in [0.29, 0.717) is 0 Å². The molecule has 3 aromatic rings. The molecule has 0 amide bonds. The van der Waals surface area contributed by atoms with E-state index >= 15 is 0 Å². The topological polar surface area (TPSA) is 37.8 Å². The number of fused-ring (bicyclic) bond motifs is 1. The molecule has 0 spiro atoms. The largest absolute Gasteiger partial charge is 0.311 e. The zero-order valence-electron chi connectivity index (χ0n) is 11.6. The van der Waals surface area contributed by atoms with Crippen LogP contribution in [0.2, 0.25) is 0 Å². The molecule has 0 saturated heterocycles. The minimum Gasteiger partial charge on any atom is -0.311 e. The third-order valence-corrected chi connectivity index (χ3v) is 4.42. The van der Waals surface area contributed by atoms with Gasteiger partial charge in [-0.05, 0) is 25.4 Å². The number of nitrogens with zero attached hydrogens (tertiary/aromatic N) is 2. The summed E-state index contributed by atoms with van der Waals surface area (Å²) >= 11 is 1.71. The predicted molar refractivity (Wildman–Crippen MR) is 84.1 cm³/mol. The second-order valence-electron chi connectivity index (χ2n) is 4.85. The van der Waals surface area contributed by atoms with E-state index in [1.807, 2.05) is 20.2 Å². The lowest BCUT2D eigenvalue weighted by Gasteiger charge is -2.16. The molecular formula is C16H17N3S. The molecule has 102 valence electrons. The van der Waals surface area contributed by atoms with E-state index in [-0.39, 0.29) is 6.04 Å². The highest BCUT2D eigenvalue weighted by Gasteiger charge is 2.16. The Bertz CT molecular complexity index is 715. The van der Waals surface area contributed by atoms with E-state index in [4.69, 9.17) is 0 Å². The Labute approximate surface area is 122 Å². The molecule has 1 atom stereocenters. The molecule has 0 fully saturated rings. The molecule has 0 aliphatic heterocycles. The minimum absolute atomic E-state index is 0.187. The zero-order valence-corrected chi connectivity index (χ0v) is 12.4. The second-order valence-corrected chi connectivity index (χ2v) is 5.79. The van der Waals surface area contributed by atoms with Gasteiger partial charge < -0.3 is 5.32 Å². The number of pyridine rings is 1. The van der Waals surface area contributed by atoms with Crippen LogP contribution in [0.1, 0.15) is 22.4 Å². The summed E-state index contributed by atoms with van der Waals surface area (Å²) in [7, 11) is 1.98. The van der Waals surface area contributed by atoms with Crippen LogP contribution in [-0.4, -0.2) is 17.0 Å². The number of hydrogen-bond donors (Lipinski definition) is 1. The highest BCUT2D eigenvalue weighted by Crippen LogP contribution is 2.25. The number of aryl methyl sites for hydroxylation is 1. The highest BCUT2D eigenvalue weighted by atomic mass is 32.1. The van der Waals surface area contributed by atoms with Crippen molar-refractivity contribution in [2.45, 2.75) is 19.4 Å². The summed E-state index contributed by atoms with van der Waals surface area (Å²) < 4.78 is 0. The summed E-state index contributed by atoms with van der Waals surface area (Å²) in [5, 5.41) is 9.06. The van der Waals surface area contributed by atoms with Crippen LogP contribution in [0.3, 0.4) is 0 Å². The number of thiazole rings is 1. The first-order valence-electron chi connectivity index (χ1n) is 6.70. The van der Waals surface area contributed by atoms with Gasteiger partial charge in [0.1, 0.15) is 0 Å². The van der Waals surface area contributed by atoms with Crippen LogP contribution in [0.4, 0.5) is 0 Å². The van der Waals surface area contributed by atoms with Crippen LogP contribution >= 0.6 is 11.3 Å². The molecule has 0 aliphatic carbocycles. The fraction of sp³-hybridized carbons (Fsp3) is 0.250. The number of hydrogen-bond acceptors (Lipinski definition) is 4. The van der Waals surface area contributed by atoms with Crippen LogP contribution in [0.15, 0.2) is 41.9 Å². The van der Waals surface area contributed by atoms with Gasteiger partial charge in [0.2, 0.25) is 0 Å². The van der Waals surface area contributed by atoms with Crippen molar-refractivity contribution in [1.29, 1.82) is 0 Å². The van der Waals surface area contributed by atoms with Crippen LogP contribution in [0.5, 0.6) is 0 Å². The molecular weight excluding hydrogens is 266 g/mol. The standard InChI is InChI=1S/C16H17N3S/c1-11-10-20-15(19-11)9-14(17-2)16-13-6-4-3-5-12(13)7-8-18-16/h3-8,10,14,17H,9H2,1-2H3. The Morgan fingerprint density at radius 2 is 2.10 bits per heavy atom. The van der Waals surface area contributed by atoms with Gasteiger partial charge in [-0.25, -0.2) is 4.98 Å². The van der Waals surface area contributed by atoms with E-state index in [0.717, 1.165) is 22.8 Å². The van der Waals surface area contributed by atoms with Gasteiger partial charge in [0.25, 0.3) is 0 Å². The monoisotopic (exact) mass is 283 g/mol. The number of likely N-dealkylation sites (N-methyl/N-ethyl adjacent to an activating group) is 1. The van der Waals surface area contributed by atoms with Gasteiger partial charge in [0, 0.05) is 29.1 Å². The molecule has 2 aromatic heterocycles. The van der Waals surface area contributed by atoms with Gasteiger partial charge in [-0.15, -0.1) is 11.3 Å². The third-order valence-electron chi connectivity index (χ3n) is 3.43. The molecule has 0 radical (unpaired) electrons. The van der Waals surface area contributed by atoms with Crippen molar-refractivity contribution in [2.75, 3.05) is 7.05 Å². The molecule has 4 heteroatoms. The summed E-state index contributed by atoms with van der Waals surface area (Å²) in [5.74, 6) is 0. The van der Waals surface area contributed by atoms with Crippen LogP contribution in [0.25, 0.3) is 10.8 Å². The van der Waals surface area contributed by atoms with Gasteiger partial charge >= 0.3 is 0 Å². The first-order valence-corrected chi connectivity index (χ1v) is 7.58. The lowest BCUT2D eigenvalue weighted by molar-refractivity contribution is 0.579. The Morgan fingerprint density at radius 3 is 2.85 bits per heavy atom. The maximum atomic E-state index is 4.60. The van der Waals surface area contributed by atoms with Crippen molar-refractivity contribution in [2.24, 2.45) is 0 Å². The number of nitrogens with one attached hydrogen (secondary N) is 1. The Morgan fingerprint density at radius 1 is 1.25 bits per heavy atom. The maximum Gasteiger partial charge on any atom is 0.0947 e. The van der Waals surface area contributed by atoms with Crippen molar-refractivity contribution in [3.05, 3.63) is 58.3 Å². The molecule has 0 bridgehead atoms. The molecule has 3 rings (SSSR count). The SMILES string of the molecule is CNC(Cc1nc(C)cs1)c1nccc2ccccc12. The first-order chi connectivity index (χ1) is 9.78. The van der Waals surface area contributed by atoms with Crippen LogP contribution < -0.4 is 5.32 Å². The molecule has 0 aliphatic rings. The van der Waals surface area contributed by atoms with Crippen molar-refractivity contribution >= 4 is 22.1 Å². The fourth-order valence-electron chi connectivity index (χ4n) is 2.43. The molecule has 1 N–H and O–H groups in total. The first kappa shape index (κ1) is 13.2. The smallest absolute Gasteiger partial charge is 0.0947 e. The number of benzene rings is 1. The van der Waals surface area contributed by atoms with Crippen molar-refractivity contribution in [3.8, 4) is 0 Å². The molecule has 3 nitrogen and oxygen atoms in total. The quantitative estimate of drug-likeness (QED) is 0.796. The average molecular weight is 283 g/mol. The van der Waals surface area contributed by atoms with E-state index < -0.39 is 0 Å². The van der Waals surface area contributed by atoms with Crippen molar-refractivity contribution in [1.82, 2.24) is 15.3 Å². The molecule has 1 aromatic carbocycles.